The monoisotopic (exact) mass is 392 g/mol. The van der Waals surface area contributed by atoms with Gasteiger partial charge in [0.1, 0.15) is 6.54 Å². The zero-order valence-corrected chi connectivity index (χ0v) is 16.3. The van der Waals surface area contributed by atoms with Crippen LogP contribution in [0.25, 0.3) is 11.4 Å². The first-order chi connectivity index (χ1) is 13.8. The molecule has 29 heavy (non-hydrogen) atoms. The van der Waals surface area contributed by atoms with Crippen LogP contribution in [0.3, 0.4) is 0 Å². The third-order valence-corrected chi connectivity index (χ3v) is 4.00. The van der Waals surface area contributed by atoms with Crippen molar-refractivity contribution in [3.8, 4) is 11.4 Å². The van der Waals surface area contributed by atoms with Gasteiger partial charge in [0.2, 0.25) is 17.6 Å². The smallest absolute Gasteiger partial charge is 0.221 e. The van der Waals surface area contributed by atoms with E-state index in [-0.39, 0.29) is 29.7 Å². The summed E-state index contributed by atoms with van der Waals surface area (Å²) in [6, 6.07) is 12.3. The van der Waals surface area contributed by atoms with E-state index in [4.69, 9.17) is 0 Å². The Kier molecular flexibility index (Phi) is 5.77. The van der Waals surface area contributed by atoms with Crippen molar-refractivity contribution >= 4 is 29.0 Å². The fraction of sp³-hybridized carbons (Fsp3) is 0.200. The van der Waals surface area contributed by atoms with Gasteiger partial charge in [-0.25, -0.2) is 0 Å². The molecule has 9 nitrogen and oxygen atoms in total. The number of hydrogen-bond acceptors (Lipinski definition) is 6. The summed E-state index contributed by atoms with van der Waals surface area (Å²) in [5.41, 5.74) is 2.96. The molecule has 0 aliphatic rings. The predicted molar refractivity (Wildman–Crippen MR) is 107 cm³/mol. The summed E-state index contributed by atoms with van der Waals surface area (Å²) >= 11 is 0. The number of carbonyl (C=O) groups excluding carboxylic acids is 3. The minimum atomic E-state index is -0.334. The summed E-state index contributed by atoms with van der Waals surface area (Å²) in [6.45, 7) is 4.55. The molecule has 0 unspecified atom stereocenters. The molecule has 3 rings (SSSR count). The van der Waals surface area contributed by atoms with Gasteiger partial charge in [-0.2, -0.15) is 4.80 Å². The van der Waals surface area contributed by atoms with Crippen LogP contribution in [0.2, 0.25) is 0 Å². The Hall–Kier alpha value is -3.88. The second-order valence-corrected chi connectivity index (χ2v) is 6.56. The Morgan fingerprint density at radius 3 is 2.31 bits per heavy atom. The molecule has 148 valence electrons. The number of anilines is 2. The molecule has 0 saturated carbocycles. The van der Waals surface area contributed by atoms with Crippen LogP contribution in [0.1, 0.15) is 29.8 Å². The van der Waals surface area contributed by atoms with Crippen molar-refractivity contribution in [1.29, 1.82) is 0 Å². The molecule has 1 aromatic heterocycles. The summed E-state index contributed by atoms with van der Waals surface area (Å²) in [5, 5.41) is 17.4. The normalized spacial score (nSPS) is 10.4. The van der Waals surface area contributed by atoms with Crippen LogP contribution >= 0.6 is 0 Å². The van der Waals surface area contributed by atoms with Gasteiger partial charge in [0, 0.05) is 30.7 Å². The largest absolute Gasteiger partial charge is 0.326 e. The molecule has 0 spiro atoms. The summed E-state index contributed by atoms with van der Waals surface area (Å²) in [7, 11) is 0. The number of amides is 2. The molecule has 0 fully saturated rings. The van der Waals surface area contributed by atoms with Crippen molar-refractivity contribution in [1.82, 2.24) is 20.2 Å². The van der Waals surface area contributed by atoms with Crippen LogP contribution < -0.4 is 10.6 Å². The number of hydrogen-bond donors (Lipinski definition) is 2. The number of Topliss-reactive ketones (excluding diaryl/α,β-unsaturated/α-hetero) is 1. The number of benzene rings is 2. The van der Waals surface area contributed by atoms with E-state index in [2.05, 4.69) is 26.0 Å². The van der Waals surface area contributed by atoms with Gasteiger partial charge in [-0.3, -0.25) is 14.4 Å². The number of rotatable bonds is 6. The molecule has 0 saturated heterocycles. The molecule has 0 aliphatic carbocycles. The molecule has 0 aliphatic heterocycles. The molecule has 2 aromatic carbocycles. The van der Waals surface area contributed by atoms with E-state index in [1.165, 1.54) is 30.8 Å². The third kappa shape index (κ3) is 5.10. The predicted octanol–water partition coefficient (Wildman–Crippen LogP) is 2.45. The lowest BCUT2D eigenvalue weighted by Crippen LogP contribution is -2.17. The lowest BCUT2D eigenvalue weighted by Gasteiger charge is -2.11. The van der Waals surface area contributed by atoms with Crippen LogP contribution in [-0.2, 0) is 16.1 Å². The van der Waals surface area contributed by atoms with E-state index >= 15 is 0 Å². The molecule has 3 aromatic rings. The third-order valence-electron chi connectivity index (χ3n) is 4.00. The first-order valence-corrected chi connectivity index (χ1v) is 8.89. The first kappa shape index (κ1) is 19.9. The Bertz CT molecular complexity index is 1070. The van der Waals surface area contributed by atoms with Gasteiger partial charge in [0.15, 0.2) is 5.78 Å². The standard InChI is InChI=1S/C20H20N6O3/c1-12-4-6-15(7-5-12)20-23-25-26(24-20)11-19(29)17-9-8-16(21-13(2)27)10-18(17)22-14(3)28/h4-10H,11H2,1-3H3,(H,21,27)(H,22,28). The lowest BCUT2D eigenvalue weighted by molar-refractivity contribution is -0.115. The molecule has 0 bridgehead atoms. The molecule has 0 radical (unpaired) electrons. The van der Waals surface area contributed by atoms with Gasteiger partial charge >= 0.3 is 0 Å². The Balaban J connectivity index is 1.82. The molecule has 1 heterocycles. The summed E-state index contributed by atoms with van der Waals surface area (Å²) < 4.78 is 0. The van der Waals surface area contributed by atoms with Gasteiger partial charge in [-0.05, 0) is 30.3 Å². The quantitative estimate of drug-likeness (QED) is 0.622. The summed E-state index contributed by atoms with van der Waals surface area (Å²) in [6.07, 6.45) is 0. The highest BCUT2D eigenvalue weighted by Crippen LogP contribution is 2.22. The second kappa shape index (κ2) is 8.42. The molecule has 9 heteroatoms. The minimum Gasteiger partial charge on any atom is -0.326 e. The summed E-state index contributed by atoms with van der Waals surface area (Å²) in [4.78, 5) is 36.7. The number of tetrazole rings is 1. The maximum Gasteiger partial charge on any atom is 0.221 e. The van der Waals surface area contributed by atoms with Crippen molar-refractivity contribution in [3.63, 3.8) is 0 Å². The summed E-state index contributed by atoms with van der Waals surface area (Å²) in [5.74, 6) is -0.482. The highest BCUT2D eigenvalue weighted by atomic mass is 16.2. The Morgan fingerprint density at radius 2 is 1.66 bits per heavy atom. The number of aromatic nitrogens is 4. The molecule has 0 atom stereocenters. The Morgan fingerprint density at radius 1 is 0.966 bits per heavy atom. The molecular weight excluding hydrogens is 372 g/mol. The number of nitrogens with one attached hydrogen (secondary N) is 2. The van der Waals surface area contributed by atoms with E-state index in [0.29, 0.717) is 17.2 Å². The van der Waals surface area contributed by atoms with Crippen molar-refractivity contribution < 1.29 is 14.4 Å². The van der Waals surface area contributed by atoms with E-state index in [0.717, 1.165) is 11.1 Å². The number of ketones is 1. The average molecular weight is 392 g/mol. The van der Waals surface area contributed by atoms with E-state index < -0.39 is 0 Å². The number of aryl methyl sites for hydroxylation is 1. The first-order valence-electron chi connectivity index (χ1n) is 8.89. The zero-order chi connectivity index (χ0) is 21.0. The minimum absolute atomic E-state index is 0.148. The fourth-order valence-electron chi connectivity index (χ4n) is 2.70. The van der Waals surface area contributed by atoms with Gasteiger partial charge in [-0.1, -0.05) is 29.8 Å². The lowest BCUT2D eigenvalue weighted by atomic mass is 10.1. The number of carbonyl (C=O) groups is 3. The van der Waals surface area contributed by atoms with Crippen molar-refractivity contribution in [2.45, 2.75) is 27.3 Å². The molecule has 2 N–H and O–H groups in total. The molecule has 2 amide bonds. The Labute approximate surface area is 167 Å². The average Bonchev–Trinajstić information content (AvgIpc) is 3.10. The van der Waals surface area contributed by atoms with E-state index in [1.807, 2.05) is 31.2 Å². The van der Waals surface area contributed by atoms with Crippen LogP contribution in [0, 0.1) is 6.92 Å². The van der Waals surface area contributed by atoms with Crippen molar-refractivity contribution in [2.75, 3.05) is 10.6 Å². The zero-order valence-electron chi connectivity index (χ0n) is 16.3. The highest BCUT2D eigenvalue weighted by molar-refractivity contribution is 6.05. The van der Waals surface area contributed by atoms with E-state index in [9.17, 15) is 14.4 Å². The van der Waals surface area contributed by atoms with Gasteiger partial charge < -0.3 is 10.6 Å². The fourth-order valence-corrected chi connectivity index (χ4v) is 2.70. The maximum absolute atomic E-state index is 12.8. The topological polar surface area (TPSA) is 119 Å². The van der Waals surface area contributed by atoms with Gasteiger partial charge in [0.25, 0.3) is 0 Å². The van der Waals surface area contributed by atoms with Crippen LogP contribution in [0.5, 0.6) is 0 Å². The van der Waals surface area contributed by atoms with Crippen LogP contribution in [-0.4, -0.2) is 37.8 Å². The van der Waals surface area contributed by atoms with Gasteiger partial charge in [-0.15, -0.1) is 10.2 Å². The van der Waals surface area contributed by atoms with Crippen molar-refractivity contribution in [3.05, 3.63) is 53.6 Å². The highest BCUT2D eigenvalue weighted by Gasteiger charge is 2.16. The molecular formula is C20H20N6O3. The second-order valence-electron chi connectivity index (χ2n) is 6.56. The van der Waals surface area contributed by atoms with Crippen LogP contribution in [0.4, 0.5) is 11.4 Å². The SMILES string of the molecule is CC(=O)Nc1ccc(C(=O)Cn2nnc(-c3ccc(C)cc3)n2)c(NC(C)=O)c1. The van der Waals surface area contributed by atoms with Gasteiger partial charge in [0.05, 0.1) is 5.69 Å². The van der Waals surface area contributed by atoms with E-state index in [1.54, 1.807) is 6.07 Å². The van der Waals surface area contributed by atoms with Crippen molar-refractivity contribution in [2.24, 2.45) is 0 Å². The van der Waals surface area contributed by atoms with Crippen LogP contribution in [0.15, 0.2) is 42.5 Å². The number of nitrogens with zero attached hydrogens (tertiary/aromatic N) is 4. The maximum atomic E-state index is 12.8.